The third kappa shape index (κ3) is 2.68. The highest BCUT2D eigenvalue weighted by Crippen LogP contribution is 2.15. The van der Waals surface area contributed by atoms with E-state index in [9.17, 15) is 4.79 Å². The lowest BCUT2D eigenvalue weighted by atomic mass is 10.0. The smallest absolute Gasteiger partial charge is 0.330 e. The molecule has 0 aliphatic rings. The van der Waals surface area contributed by atoms with Gasteiger partial charge in [-0.25, -0.2) is 4.79 Å². The van der Waals surface area contributed by atoms with Crippen LogP contribution in [-0.2, 0) is 9.53 Å². The molecule has 0 atom stereocenters. The van der Waals surface area contributed by atoms with Crippen molar-refractivity contribution in [2.24, 2.45) is 0 Å². The molecular formula is C12H11NO2. The number of benzene rings is 1. The number of carbonyl (C=O) groups is 1. The third-order valence-corrected chi connectivity index (χ3v) is 2.03. The highest BCUT2D eigenvalue weighted by molar-refractivity contribution is 5.87. The summed E-state index contributed by atoms with van der Waals surface area (Å²) in [4.78, 5) is 10.9. The second-order valence-electron chi connectivity index (χ2n) is 3.00. The van der Waals surface area contributed by atoms with Crippen LogP contribution in [0.5, 0.6) is 0 Å². The molecular weight excluding hydrogens is 190 g/mol. The van der Waals surface area contributed by atoms with Crippen LogP contribution in [0.1, 0.15) is 16.7 Å². The molecule has 3 nitrogen and oxygen atoms in total. The van der Waals surface area contributed by atoms with Gasteiger partial charge >= 0.3 is 5.97 Å². The zero-order chi connectivity index (χ0) is 11.3. The number of esters is 1. The summed E-state index contributed by atoms with van der Waals surface area (Å²) >= 11 is 0. The summed E-state index contributed by atoms with van der Waals surface area (Å²) < 4.78 is 4.48. The molecule has 1 aromatic rings. The predicted molar refractivity (Wildman–Crippen MR) is 56.9 cm³/mol. The van der Waals surface area contributed by atoms with E-state index in [2.05, 4.69) is 10.8 Å². The van der Waals surface area contributed by atoms with Crippen molar-refractivity contribution in [3.05, 3.63) is 41.0 Å². The molecule has 0 radical (unpaired) electrons. The van der Waals surface area contributed by atoms with Crippen molar-refractivity contribution in [2.75, 3.05) is 7.11 Å². The van der Waals surface area contributed by atoms with Gasteiger partial charge < -0.3 is 4.74 Å². The summed E-state index contributed by atoms with van der Waals surface area (Å²) in [7, 11) is 1.32. The number of carbonyl (C=O) groups excluding carboxylic acids is 1. The van der Waals surface area contributed by atoms with E-state index in [4.69, 9.17) is 5.26 Å². The SMILES string of the molecule is COC(=O)C=Cc1c(C)cccc1C#N. The molecule has 0 aliphatic carbocycles. The molecule has 0 amide bonds. The van der Waals surface area contributed by atoms with Crippen molar-refractivity contribution >= 4 is 12.0 Å². The molecule has 0 bridgehead atoms. The zero-order valence-corrected chi connectivity index (χ0v) is 8.65. The molecule has 0 fully saturated rings. The molecule has 76 valence electrons. The lowest BCUT2D eigenvalue weighted by molar-refractivity contribution is -0.134. The van der Waals surface area contributed by atoms with Gasteiger partial charge in [-0.15, -0.1) is 0 Å². The zero-order valence-electron chi connectivity index (χ0n) is 8.65. The van der Waals surface area contributed by atoms with Crippen LogP contribution in [-0.4, -0.2) is 13.1 Å². The fourth-order valence-electron chi connectivity index (χ4n) is 1.22. The van der Waals surface area contributed by atoms with E-state index >= 15 is 0 Å². The van der Waals surface area contributed by atoms with Crippen molar-refractivity contribution in [3.8, 4) is 6.07 Å². The maximum absolute atomic E-state index is 10.9. The van der Waals surface area contributed by atoms with E-state index in [0.29, 0.717) is 5.56 Å². The van der Waals surface area contributed by atoms with Gasteiger partial charge in [0.25, 0.3) is 0 Å². The number of nitriles is 1. The fraction of sp³-hybridized carbons (Fsp3) is 0.167. The first-order chi connectivity index (χ1) is 7.19. The van der Waals surface area contributed by atoms with Crippen LogP contribution in [0.2, 0.25) is 0 Å². The monoisotopic (exact) mass is 201 g/mol. The molecule has 0 N–H and O–H groups in total. The first-order valence-electron chi connectivity index (χ1n) is 4.44. The molecule has 0 spiro atoms. The van der Waals surface area contributed by atoms with E-state index in [0.717, 1.165) is 11.1 Å². The van der Waals surface area contributed by atoms with Gasteiger partial charge in [0.05, 0.1) is 18.7 Å². The van der Waals surface area contributed by atoms with Crippen LogP contribution in [0.4, 0.5) is 0 Å². The minimum atomic E-state index is -0.429. The minimum absolute atomic E-state index is 0.429. The van der Waals surface area contributed by atoms with Crippen molar-refractivity contribution in [1.82, 2.24) is 0 Å². The van der Waals surface area contributed by atoms with E-state index < -0.39 is 5.97 Å². The summed E-state index contributed by atoms with van der Waals surface area (Å²) in [5, 5.41) is 8.87. The number of ether oxygens (including phenoxy) is 1. The first kappa shape index (κ1) is 11.0. The Labute approximate surface area is 88.6 Å². The average molecular weight is 201 g/mol. The standard InChI is InChI=1S/C12H11NO2/c1-9-4-3-5-10(8-13)11(9)6-7-12(14)15-2/h3-7H,1-2H3. The second kappa shape index (κ2) is 4.97. The maximum Gasteiger partial charge on any atom is 0.330 e. The Morgan fingerprint density at radius 2 is 2.27 bits per heavy atom. The number of methoxy groups -OCH3 is 1. The molecule has 0 heterocycles. The van der Waals surface area contributed by atoms with Gasteiger partial charge in [-0.2, -0.15) is 5.26 Å². The van der Waals surface area contributed by atoms with Crippen molar-refractivity contribution < 1.29 is 9.53 Å². The Kier molecular flexibility index (Phi) is 3.64. The third-order valence-electron chi connectivity index (χ3n) is 2.03. The Bertz CT molecular complexity index is 441. The summed E-state index contributed by atoms with van der Waals surface area (Å²) in [6.45, 7) is 1.89. The fourth-order valence-corrected chi connectivity index (χ4v) is 1.22. The number of rotatable bonds is 2. The number of aryl methyl sites for hydroxylation is 1. The van der Waals surface area contributed by atoms with Gasteiger partial charge in [0.15, 0.2) is 0 Å². The summed E-state index contributed by atoms with van der Waals surface area (Å²) in [6, 6.07) is 7.48. The molecule has 1 aromatic carbocycles. The molecule has 0 saturated carbocycles. The van der Waals surface area contributed by atoms with Crippen LogP contribution in [0.25, 0.3) is 6.08 Å². The van der Waals surface area contributed by atoms with Crippen LogP contribution in [0.15, 0.2) is 24.3 Å². The minimum Gasteiger partial charge on any atom is -0.466 e. The Hall–Kier alpha value is -2.08. The van der Waals surface area contributed by atoms with Gasteiger partial charge in [0, 0.05) is 6.08 Å². The van der Waals surface area contributed by atoms with Gasteiger partial charge in [-0.1, -0.05) is 12.1 Å². The maximum atomic E-state index is 10.9. The van der Waals surface area contributed by atoms with Crippen LogP contribution < -0.4 is 0 Å². The molecule has 0 aliphatic heterocycles. The highest BCUT2D eigenvalue weighted by atomic mass is 16.5. The molecule has 15 heavy (non-hydrogen) atoms. The average Bonchev–Trinajstić information content (AvgIpc) is 2.26. The number of hydrogen-bond acceptors (Lipinski definition) is 3. The Morgan fingerprint density at radius 1 is 1.53 bits per heavy atom. The lowest BCUT2D eigenvalue weighted by Gasteiger charge is -2.01. The largest absolute Gasteiger partial charge is 0.466 e. The summed E-state index contributed by atoms with van der Waals surface area (Å²) in [6.07, 6.45) is 2.91. The van der Waals surface area contributed by atoms with E-state index in [-0.39, 0.29) is 0 Å². The number of hydrogen-bond donors (Lipinski definition) is 0. The van der Waals surface area contributed by atoms with Crippen molar-refractivity contribution in [1.29, 1.82) is 5.26 Å². The Balaban J connectivity index is 3.09. The molecule has 3 heteroatoms. The van der Waals surface area contributed by atoms with E-state index in [1.807, 2.05) is 19.1 Å². The van der Waals surface area contributed by atoms with Crippen molar-refractivity contribution in [2.45, 2.75) is 6.92 Å². The highest BCUT2D eigenvalue weighted by Gasteiger charge is 2.01. The van der Waals surface area contributed by atoms with Crippen molar-refractivity contribution in [3.63, 3.8) is 0 Å². The van der Waals surface area contributed by atoms with Gasteiger partial charge in [-0.05, 0) is 30.2 Å². The van der Waals surface area contributed by atoms with Gasteiger partial charge in [0.2, 0.25) is 0 Å². The van der Waals surface area contributed by atoms with Crippen LogP contribution in [0.3, 0.4) is 0 Å². The predicted octanol–water partition coefficient (Wildman–Crippen LogP) is 2.05. The number of nitrogens with zero attached hydrogens (tertiary/aromatic N) is 1. The molecule has 0 saturated heterocycles. The van der Waals surface area contributed by atoms with Crippen LogP contribution >= 0.6 is 0 Å². The molecule has 1 rings (SSSR count). The normalized spacial score (nSPS) is 9.93. The van der Waals surface area contributed by atoms with Crippen LogP contribution in [0, 0.1) is 18.3 Å². The summed E-state index contributed by atoms with van der Waals surface area (Å²) in [5.74, 6) is -0.429. The topological polar surface area (TPSA) is 50.1 Å². The Morgan fingerprint density at radius 3 is 2.87 bits per heavy atom. The first-order valence-corrected chi connectivity index (χ1v) is 4.44. The quantitative estimate of drug-likeness (QED) is 0.543. The van der Waals surface area contributed by atoms with Gasteiger partial charge in [-0.3, -0.25) is 0 Å². The molecule has 0 unspecified atom stereocenters. The lowest BCUT2D eigenvalue weighted by Crippen LogP contribution is -1.94. The van der Waals surface area contributed by atoms with E-state index in [1.54, 1.807) is 12.1 Å². The summed E-state index contributed by atoms with van der Waals surface area (Å²) in [5.41, 5.74) is 2.26. The van der Waals surface area contributed by atoms with Gasteiger partial charge in [0.1, 0.15) is 0 Å². The van der Waals surface area contributed by atoms with E-state index in [1.165, 1.54) is 13.2 Å². The second-order valence-corrected chi connectivity index (χ2v) is 3.00. The molecule has 0 aromatic heterocycles.